The molecule has 64 valence electrons. The van der Waals surface area contributed by atoms with Gasteiger partial charge in [0.2, 0.25) is 0 Å². The predicted molar refractivity (Wildman–Crippen MR) is 52.1 cm³/mol. The highest BCUT2D eigenvalue weighted by Gasteiger charge is 1.74. The van der Waals surface area contributed by atoms with Crippen molar-refractivity contribution in [3.63, 3.8) is 0 Å². The van der Waals surface area contributed by atoms with Gasteiger partial charge in [0.05, 0.1) is 0 Å². The molecule has 1 rings (SSSR count). The van der Waals surface area contributed by atoms with Gasteiger partial charge in [-0.15, -0.1) is 11.3 Å². The second-order valence-electron chi connectivity index (χ2n) is 1.46. The van der Waals surface area contributed by atoms with E-state index in [2.05, 4.69) is 24.4 Å². The fraction of sp³-hybridized carbons (Fsp3) is 0.444. The van der Waals surface area contributed by atoms with Gasteiger partial charge in [0.1, 0.15) is 6.29 Å². The molecule has 0 radical (unpaired) electrons. The maximum absolute atomic E-state index is 8.81. The maximum atomic E-state index is 8.81. The van der Waals surface area contributed by atoms with Crippen molar-refractivity contribution in [1.29, 1.82) is 0 Å². The van der Waals surface area contributed by atoms with E-state index in [1.807, 2.05) is 13.8 Å². The topological polar surface area (TPSA) is 17.1 Å². The van der Waals surface area contributed by atoms with Crippen molar-refractivity contribution in [3.05, 3.63) is 22.4 Å². The van der Waals surface area contributed by atoms with Crippen molar-refractivity contribution < 1.29 is 4.79 Å². The van der Waals surface area contributed by atoms with Gasteiger partial charge in [-0.05, 0) is 25.3 Å². The van der Waals surface area contributed by atoms with Crippen LogP contribution in [0, 0.1) is 6.92 Å². The van der Waals surface area contributed by atoms with Crippen LogP contribution in [0.4, 0.5) is 0 Å². The maximum Gasteiger partial charge on any atom is 0.116 e. The van der Waals surface area contributed by atoms with Gasteiger partial charge in [-0.25, -0.2) is 0 Å². The Balaban J connectivity index is 0. The SMILES string of the molecule is CC.CC=O.Cc1cccs1. The largest absolute Gasteiger partial charge is 0.304 e. The van der Waals surface area contributed by atoms with Gasteiger partial charge in [0.15, 0.2) is 0 Å². The second-order valence-corrected chi connectivity index (χ2v) is 2.61. The van der Waals surface area contributed by atoms with Crippen molar-refractivity contribution in [3.8, 4) is 0 Å². The standard InChI is InChI=1S/C5H6S.C2H4O.C2H6/c1-5-3-2-4-6-5;1-2-3;1-2/h2-4H,1H3;2H,1H3;1-2H3. The molecule has 0 saturated carbocycles. The monoisotopic (exact) mass is 172 g/mol. The molecular weight excluding hydrogens is 156 g/mol. The Bertz CT molecular complexity index is 145. The molecule has 1 aromatic heterocycles. The lowest BCUT2D eigenvalue weighted by Crippen LogP contribution is -1.42. The third-order valence-electron chi connectivity index (χ3n) is 0.663. The first kappa shape index (κ1) is 13.0. The van der Waals surface area contributed by atoms with Gasteiger partial charge in [0.25, 0.3) is 0 Å². The Kier molecular flexibility index (Phi) is 14.3. The number of thiophene rings is 1. The van der Waals surface area contributed by atoms with Crippen LogP contribution in [-0.4, -0.2) is 6.29 Å². The summed E-state index contributed by atoms with van der Waals surface area (Å²) in [6.45, 7) is 7.55. The highest BCUT2D eigenvalue weighted by Crippen LogP contribution is 2.03. The van der Waals surface area contributed by atoms with E-state index < -0.39 is 0 Å². The number of rotatable bonds is 0. The van der Waals surface area contributed by atoms with Crippen LogP contribution in [0.15, 0.2) is 17.5 Å². The number of hydrogen-bond donors (Lipinski definition) is 0. The molecule has 0 aromatic carbocycles. The third kappa shape index (κ3) is 12.5. The fourth-order valence-electron chi connectivity index (χ4n) is 0.361. The van der Waals surface area contributed by atoms with Crippen LogP contribution in [0.1, 0.15) is 25.6 Å². The zero-order chi connectivity index (χ0) is 9.11. The normalized spacial score (nSPS) is 6.55. The lowest BCUT2D eigenvalue weighted by atomic mass is 10.5. The van der Waals surface area contributed by atoms with Crippen LogP contribution < -0.4 is 0 Å². The molecule has 0 spiro atoms. The molecule has 0 aliphatic rings. The van der Waals surface area contributed by atoms with E-state index in [4.69, 9.17) is 4.79 Å². The summed E-state index contributed by atoms with van der Waals surface area (Å²) in [4.78, 5) is 10.2. The van der Waals surface area contributed by atoms with Crippen LogP contribution in [0.2, 0.25) is 0 Å². The fourth-order valence-corrected chi connectivity index (χ4v) is 0.890. The quantitative estimate of drug-likeness (QED) is 0.549. The number of aldehydes is 1. The highest BCUT2D eigenvalue weighted by molar-refractivity contribution is 7.09. The molecule has 11 heavy (non-hydrogen) atoms. The number of carbonyl (C=O) groups is 1. The minimum Gasteiger partial charge on any atom is -0.304 e. The molecule has 0 aliphatic heterocycles. The second kappa shape index (κ2) is 12.1. The molecule has 0 amide bonds. The van der Waals surface area contributed by atoms with E-state index in [9.17, 15) is 0 Å². The molecule has 1 aromatic rings. The lowest BCUT2D eigenvalue weighted by Gasteiger charge is -1.65. The zero-order valence-corrected chi connectivity index (χ0v) is 8.44. The van der Waals surface area contributed by atoms with E-state index >= 15 is 0 Å². The summed E-state index contributed by atoms with van der Waals surface area (Å²) in [6, 6.07) is 4.16. The Morgan fingerprint density at radius 2 is 1.91 bits per heavy atom. The smallest absolute Gasteiger partial charge is 0.116 e. The van der Waals surface area contributed by atoms with E-state index in [1.165, 1.54) is 11.8 Å². The van der Waals surface area contributed by atoms with Gasteiger partial charge >= 0.3 is 0 Å². The van der Waals surface area contributed by atoms with E-state index in [-0.39, 0.29) is 0 Å². The van der Waals surface area contributed by atoms with Crippen molar-refractivity contribution in [1.82, 2.24) is 0 Å². The molecule has 0 bridgehead atoms. The zero-order valence-electron chi connectivity index (χ0n) is 7.63. The summed E-state index contributed by atoms with van der Waals surface area (Å²) in [5.74, 6) is 0. The van der Waals surface area contributed by atoms with Crippen molar-refractivity contribution in [2.75, 3.05) is 0 Å². The number of hydrogen-bond acceptors (Lipinski definition) is 2. The van der Waals surface area contributed by atoms with Gasteiger partial charge in [0, 0.05) is 4.88 Å². The molecule has 0 unspecified atom stereocenters. The summed E-state index contributed by atoms with van der Waals surface area (Å²) in [5, 5.41) is 2.08. The lowest BCUT2D eigenvalue weighted by molar-refractivity contribution is -0.106. The third-order valence-corrected chi connectivity index (χ3v) is 1.46. The molecule has 1 heterocycles. The average molecular weight is 172 g/mol. The summed E-state index contributed by atoms with van der Waals surface area (Å²) in [5.41, 5.74) is 0. The number of carbonyl (C=O) groups excluding carboxylic acids is 1. The molecule has 2 heteroatoms. The van der Waals surface area contributed by atoms with Gasteiger partial charge in [-0.2, -0.15) is 0 Å². The number of aryl methyl sites for hydroxylation is 1. The Labute approximate surface area is 73.1 Å². The Morgan fingerprint density at radius 3 is 2.00 bits per heavy atom. The van der Waals surface area contributed by atoms with Crippen molar-refractivity contribution in [2.45, 2.75) is 27.7 Å². The molecular formula is C9H16OS. The summed E-state index contributed by atoms with van der Waals surface area (Å²) in [6.07, 6.45) is 0.750. The first-order valence-corrected chi connectivity index (χ1v) is 4.59. The van der Waals surface area contributed by atoms with Crippen molar-refractivity contribution >= 4 is 17.6 Å². The predicted octanol–water partition coefficient (Wildman–Crippen LogP) is 3.29. The molecule has 0 N–H and O–H groups in total. The van der Waals surface area contributed by atoms with Gasteiger partial charge < -0.3 is 4.79 Å². The summed E-state index contributed by atoms with van der Waals surface area (Å²) in [7, 11) is 0. The van der Waals surface area contributed by atoms with E-state index in [0.29, 0.717) is 0 Å². The van der Waals surface area contributed by atoms with Crippen LogP contribution in [-0.2, 0) is 4.79 Å². The van der Waals surface area contributed by atoms with Crippen LogP contribution in [0.5, 0.6) is 0 Å². The van der Waals surface area contributed by atoms with Crippen LogP contribution >= 0.6 is 11.3 Å². The van der Waals surface area contributed by atoms with Crippen LogP contribution in [0.25, 0.3) is 0 Å². The summed E-state index contributed by atoms with van der Waals surface area (Å²) < 4.78 is 0. The minimum atomic E-state index is 0.750. The molecule has 0 aliphatic carbocycles. The van der Waals surface area contributed by atoms with Gasteiger partial charge in [-0.1, -0.05) is 19.9 Å². The first-order chi connectivity index (χ1) is 5.31. The molecule has 1 nitrogen and oxygen atoms in total. The van der Waals surface area contributed by atoms with Crippen molar-refractivity contribution in [2.24, 2.45) is 0 Å². The van der Waals surface area contributed by atoms with Gasteiger partial charge in [-0.3, -0.25) is 0 Å². The Hall–Kier alpha value is -0.630. The van der Waals surface area contributed by atoms with Crippen LogP contribution in [0.3, 0.4) is 0 Å². The average Bonchev–Trinajstić information content (AvgIpc) is 2.46. The minimum absolute atomic E-state index is 0.750. The first-order valence-electron chi connectivity index (χ1n) is 3.71. The highest BCUT2D eigenvalue weighted by atomic mass is 32.1. The van der Waals surface area contributed by atoms with E-state index in [1.54, 1.807) is 11.3 Å². The molecule has 0 saturated heterocycles. The Morgan fingerprint density at radius 1 is 1.45 bits per heavy atom. The molecule has 0 fully saturated rings. The molecule has 0 atom stereocenters. The summed E-state index contributed by atoms with van der Waals surface area (Å²) >= 11 is 1.78. The van der Waals surface area contributed by atoms with E-state index in [0.717, 1.165) is 6.29 Å².